The van der Waals surface area contributed by atoms with Crippen molar-refractivity contribution in [2.45, 2.75) is 13.5 Å². The Labute approximate surface area is 158 Å². The lowest BCUT2D eigenvalue weighted by Crippen LogP contribution is -2.23. The van der Waals surface area contributed by atoms with Crippen molar-refractivity contribution in [3.63, 3.8) is 0 Å². The van der Waals surface area contributed by atoms with Crippen LogP contribution in [0.2, 0.25) is 0 Å². The van der Waals surface area contributed by atoms with Gasteiger partial charge in [0, 0.05) is 0 Å². The summed E-state index contributed by atoms with van der Waals surface area (Å²) < 4.78 is 5.07. The maximum Gasteiger partial charge on any atom is 0.291 e. The zero-order valence-corrected chi connectivity index (χ0v) is 15.2. The standard InChI is InChI=1S/C19H16N4O3S/c1-11-9-16(23-18(24)14-7-4-8-26-14)27-17(11)19(25)20-10-15-21-12-5-2-3-6-13(12)22-15/h2-9H,10H2,1H3,(H,20,25)(H,21,22)(H,23,24). The van der Waals surface area contributed by atoms with Gasteiger partial charge in [-0.1, -0.05) is 12.1 Å². The summed E-state index contributed by atoms with van der Waals surface area (Å²) in [5.74, 6) is 0.342. The van der Waals surface area contributed by atoms with Crippen molar-refractivity contribution in [1.82, 2.24) is 15.3 Å². The van der Waals surface area contributed by atoms with Gasteiger partial charge in [0.15, 0.2) is 5.76 Å². The van der Waals surface area contributed by atoms with Gasteiger partial charge in [0.25, 0.3) is 11.8 Å². The van der Waals surface area contributed by atoms with Crippen molar-refractivity contribution in [3.8, 4) is 0 Å². The molecular weight excluding hydrogens is 364 g/mol. The number of aromatic amines is 1. The molecule has 4 aromatic rings. The zero-order chi connectivity index (χ0) is 18.8. The van der Waals surface area contributed by atoms with Crippen LogP contribution in [0.25, 0.3) is 11.0 Å². The van der Waals surface area contributed by atoms with E-state index in [1.165, 1.54) is 17.6 Å². The SMILES string of the molecule is Cc1cc(NC(=O)c2ccco2)sc1C(=O)NCc1nc2ccccc2[nH]1. The van der Waals surface area contributed by atoms with Crippen molar-refractivity contribution in [2.75, 3.05) is 5.32 Å². The first kappa shape index (κ1) is 17.0. The summed E-state index contributed by atoms with van der Waals surface area (Å²) in [5.41, 5.74) is 2.57. The Morgan fingerprint density at radius 1 is 1.19 bits per heavy atom. The highest BCUT2D eigenvalue weighted by atomic mass is 32.1. The number of imidazole rings is 1. The van der Waals surface area contributed by atoms with Crippen LogP contribution in [-0.4, -0.2) is 21.8 Å². The first-order chi connectivity index (χ1) is 13.1. The molecule has 0 radical (unpaired) electrons. The summed E-state index contributed by atoms with van der Waals surface area (Å²) in [6.45, 7) is 2.12. The Balaban J connectivity index is 1.42. The Morgan fingerprint density at radius 3 is 2.81 bits per heavy atom. The molecule has 1 aromatic carbocycles. The third-order valence-corrected chi connectivity index (χ3v) is 5.11. The molecule has 0 aliphatic carbocycles. The Kier molecular flexibility index (Phi) is 4.47. The number of aryl methyl sites for hydroxylation is 1. The largest absolute Gasteiger partial charge is 0.459 e. The fraction of sp³-hybridized carbons (Fsp3) is 0.105. The van der Waals surface area contributed by atoms with E-state index in [1.807, 2.05) is 31.2 Å². The third kappa shape index (κ3) is 3.61. The van der Waals surface area contributed by atoms with Crippen molar-refractivity contribution in [3.05, 3.63) is 70.8 Å². The maximum atomic E-state index is 12.5. The van der Waals surface area contributed by atoms with Crippen molar-refractivity contribution in [2.24, 2.45) is 0 Å². The second-order valence-corrected chi connectivity index (χ2v) is 6.99. The number of nitrogens with zero attached hydrogens (tertiary/aromatic N) is 1. The molecule has 7 nitrogen and oxygen atoms in total. The van der Waals surface area contributed by atoms with E-state index in [1.54, 1.807) is 18.2 Å². The van der Waals surface area contributed by atoms with Crippen LogP contribution in [0.3, 0.4) is 0 Å². The van der Waals surface area contributed by atoms with Gasteiger partial charge in [-0.3, -0.25) is 9.59 Å². The molecule has 0 saturated heterocycles. The van der Waals surface area contributed by atoms with Gasteiger partial charge >= 0.3 is 0 Å². The summed E-state index contributed by atoms with van der Waals surface area (Å²) in [6, 6.07) is 12.7. The molecule has 2 amide bonds. The van der Waals surface area contributed by atoms with Gasteiger partial charge in [0.05, 0.1) is 33.7 Å². The molecule has 8 heteroatoms. The van der Waals surface area contributed by atoms with Crippen LogP contribution in [0, 0.1) is 6.92 Å². The molecule has 0 saturated carbocycles. The smallest absolute Gasteiger partial charge is 0.291 e. The van der Waals surface area contributed by atoms with Crippen molar-refractivity contribution in [1.29, 1.82) is 0 Å². The molecule has 27 heavy (non-hydrogen) atoms. The summed E-state index contributed by atoms with van der Waals surface area (Å²) in [5, 5.41) is 6.18. The Bertz CT molecular complexity index is 1080. The van der Waals surface area contributed by atoms with E-state index in [4.69, 9.17) is 4.42 Å². The molecule has 0 bridgehead atoms. The minimum atomic E-state index is -0.351. The normalized spacial score (nSPS) is 10.9. The molecule has 0 aliphatic rings. The van der Waals surface area contributed by atoms with Gasteiger partial charge in [-0.05, 0) is 42.8 Å². The predicted octanol–water partition coefficient (Wildman–Crippen LogP) is 3.71. The number of para-hydroxylation sites is 2. The van der Waals surface area contributed by atoms with Gasteiger partial charge in [0.1, 0.15) is 5.82 Å². The van der Waals surface area contributed by atoms with Crippen molar-refractivity contribution < 1.29 is 14.0 Å². The molecule has 0 spiro atoms. The van der Waals surface area contributed by atoms with E-state index >= 15 is 0 Å². The third-order valence-electron chi connectivity index (χ3n) is 3.96. The van der Waals surface area contributed by atoms with Crippen LogP contribution < -0.4 is 10.6 Å². The van der Waals surface area contributed by atoms with Crippen LogP contribution in [-0.2, 0) is 6.54 Å². The van der Waals surface area contributed by atoms with Gasteiger partial charge in [-0.25, -0.2) is 4.98 Å². The number of aromatic nitrogens is 2. The number of amides is 2. The highest BCUT2D eigenvalue weighted by Gasteiger charge is 2.16. The lowest BCUT2D eigenvalue weighted by molar-refractivity contribution is 0.0952. The molecule has 136 valence electrons. The Hall–Kier alpha value is -3.39. The molecule has 3 N–H and O–H groups in total. The average molecular weight is 380 g/mol. The minimum absolute atomic E-state index is 0.212. The monoisotopic (exact) mass is 380 g/mol. The Morgan fingerprint density at radius 2 is 2.04 bits per heavy atom. The lowest BCUT2D eigenvalue weighted by Gasteiger charge is -2.02. The summed E-state index contributed by atoms with van der Waals surface area (Å²) >= 11 is 1.22. The first-order valence-electron chi connectivity index (χ1n) is 8.27. The first-order valence-corrected chi connectivity index (χ1v) is 9.09. The summed E-state index contributed by atoms with van der Waals surface area (Å²) in [4.78, 5) is 32.7. The second kappa shape index (κ2) is 7.08. The quantitative estimate of drug-likeness (QED) is 0.491. The van der Waals surface area contributed by atoms with Gasteiger partial charge in [0.2, 0.25) is 0 Å². The van der Waals surface area contributed by atoms with Crippen LogP contribution in [0.4, 0.5) is 5.00 Å². The molecule has 0 aliphatic heterocycles. The molecule has 0 fully saturated rings. The molecular formula is C19H16N4O3S. The number of furan rings is 1. The fourth-order valence-corrected chi connectivity index (χ4v) is 3.67. The number of benzene rings is 1. The van der Waals surface area contributed by atoms with Crippen LogP contribution >= 0.6 is 11.3 Å². The molecule has 0 unspecified atom stereocenters. The van der Waals surface area contributed by atoms with E-state index in [0.717, 1.165) is 16.6 Å². The summed E-state index contributed by atoms with van der Waals surface area (Å²) in [6.07, 6.45) is 1.44. The van der Waals surface area contributed by atoms with Crippen LogP contribution in [0.5, 0.6) is 0 Å². The van der Waals surface area contributed by atoms with E-state index in [9.17, 15) is 9.59 Å². The number of fused-ring (bicyclic) bond motifs is 1. The second-order valence-electron chi connectivity index (χ2n) is 5.94. The number of hydrogen-bond donors (Lipinski definition) is 3. The predicted molar refractivity (Wildman–Crippen MR) is 103 cm³/mol. The minimum Gasteiger partial charge on any atom is -0.459 e. The lowest BCUT2D eigenvalue weighted by atomic mass is 10.3. The fourth-order valence-electron chi connectivity index (χ4n) is 2.68. The number of carbonyl (C=O) groups excluding carboxylic acids is 2. The number of hydrogen-bond acceptors (Lipinski definition) is 5. The average Bonchev–Trinajstić information content (AvgIpc) is 3.39. The molecule has 3 heterocycles. The topological polar surface area (TPSA) is 100 Å². The van der Waals surface area contributed by atoms with Crippen LogP contribution in [0.1, 0.15) is 31.6 Å². The highest BCUT2D eigenvalue weighted by molar-refractivity contribution is 7.18. The summed E-state index contributed by atoms with van der Waals surface area (Å²) in [7, 11) is 0. The molecule has 4 rings (SSSR count). The zero-order valence-electron chi connectivity index (χ0n) is 14.4. The van der Waals surface area contributed by atoms with E-state index < -0.39 is 0 Å². The molecule has 0 atom stereocenters. The number of nitrogens with one attached hydrogen (secondary N) is 3. The van der Waals surface area contributed by atoms with E-state index in [2.05, 4.69) is 20.6 Å². The molecule has 3 aromatic heterocycles. The van der Waals surface area contributed by atoms with E-state index in [0.29, 0.717) is 22.2 Å². The van der Waals surface area contributed by atoms with Gasteiger partial charge in [-0.15, -0.1) is 11.3 Å². The van der Waals surface area contributed by atoms with Crippen molar-refractivity contribution >= 4 is 39.2 Å². The van der Waals surface area contributed by atoms with Crippen LogP contribution in [0.15, 0.2) is 53.1 Å². The maximum absolute atomic E-state index is 12.5. The van der Waals surface area contributed by atoms with Gasteiger partial charge < -0.3 is 20.0 Å². The highest BCUT2D eigenvalue weighted by Crippen LogP contribution is 2.27. The number of anilines is 1. The van der Waals surface area contributed by atoms with Gasteiger partial charge in [-0.2, -0.15) is 0 Å². The number of carbonyl (C=O) groups is 2. The number of rotatable bonds is 5. The van der Waals surface area contributed by atoms with E-state index in [-0.39, 0.29) is 17.6 Å². The number of thiophene rings is 1. The number of H-pyrrole nitrogens is 1.